The number of carbonyl (C=O) groups is 1. The van der Waals surface area contributed by atoms with Crippen molar-refractivity contribution in [1.29, 1.82) is 0 Å². The second-order valence-corrected chi connectivity index (χ2v) is 5.89. The summed E-state index contributed by atoms with van der Waals surface area (Å²) in [6, 6.07) is 7.66. The highest BCUT2D eigenvalue weighted by molar-refractivity contribution is 5.90. The molecule has 0 fully saturated rings. The molecule has 3 heterocycles. The molecule has 26 heavy (non-hydrogen) atoms. The number of urea groups is 1. The molecule has 0 aliphatic carbocycles. The minimum absolute atomic E-state index is 0.359. The van der Waals surface area contributed by atoms with Crippen LogP contribution >= 0.6 is 0 Å². The molecule has 132 valence electrons. The molecule has 0 saturated carbocycles. The first-order valence-corrected chi connectivity index (χ1v) is 8.10. The lowest BCUT2D eigenvalue weighted by Gasteiger charge is -2.34. The van der Waals surface area contributed by atoms with Crippen molar-refractivity contribution in [2.75, 3.05) is 11.9 Å². The topological polar surface area (TPSA) is 73.9 Å². The SMILES string of the molecule is O=C(Nc1c(F)cccc1F)N1CCc2[nH]cnc2[C@H]1c1ccccn1. The van der Waals surface area contributed by atoms with E-state index >= 15 is 0 Å². The van der Waals surface area contributed by atoms with Gasteiger partial charge in [0.1, 0.15) is 23.4 Å². The number of hydrogen-bond donors (Lipinski definition) is 2. The number of nitrogens with zero attached hydrogens (tertiary/aromatic N) is 3. The summed E-state index contributed by atoms with van der Waals surface area (Å²) in [5.74, 6) is -1.66. The molecule has 0 saturated heterocycles. The highest BCUT2D eigenvalue weighted by atomic mass is 19.1. The predicted molar refractivity (Wildman–Crippen MR) is 90.5 cm³/mol. The van der Waals surface area contributed by atoms with Gasteiger partial charge in [0, 0.05) is 24.9 Å². The molecule has 0 bridgehead atoms. The van der Waals surface area contributed by atoms with Crippen LogP contribution < -0.4 is 5.32 Å². The van der Waals surface area contributed by atoms with Crippen LogP contribution in [0, 0.1) is 11.6 Å². The first-order chi connectivity index (χ1) is 12.6. The van der Waals surface area contributed by atoms with Crippen molar-refractivity contribution >= 4 is 11.7 Å². The minimum atomic E-state index is -0.829. The van der Waals surface area contributed by atoms with Crippen LogP contribution in [0.5, 0.6) is 0 Å². The van der Waals surface area contributed by atoms with E-state index in [1.54, 1.807) is 24.7 Å². The molecular weight excluding hydrogens is 340 g/mol. The van der Waals surface area contributed by atoms with E-state index in [4.69, 9.17) is 0 Å². The molecule has 1 atom stereocenters. The van der Waals surface area contributed by atoms with Crippen LogP contribution in [0.2, 0.25) is 0 Å². The molecule has 1 aliphatic heterocycles. The first kappa shape index (κ1) is 16.2. The summed E-state index contributed by atoms with van der Waals surface area (Å²) < 4.78 is 27.8. The summed E-state index contributed by atoms with van der Waals surface area (Å²) in [5.41, 5.74) is 1.76. The third-order valence-corrected chi connectivity index (χ3v) is 4.35. The van der Waals surface area contributed by atoms with E-state index in [1.807, 2.05) is 6.07 Å². The van der Waals surface area contributed by atoms with Gasteiger partial charge in [-0.1, -0.05) is 12.1 Å². The Bertz CT molecular complexity index is 924. The summed E-state index contributed by atoms with van der Waals surface area (Å²) in [5, 5.41) is 2.34. The lowest BCUT2D eigenvalue weighted by molar-refractivity contribution is 0.191. The number of imidazole rings is 1. The monoisotopic (exact) mass is 355 g/mol. The quantitative estimate of drug-likeness (QED) is 0.741. The summed E-state index contributed by atoms with van der Waals surface area (Å²) in [6.07, 6.45) is 3.76. The summed E-state index contributed by atoms with van der Waals surface area (Å²) in [7, 11) is 0. The normalized spacial score (nSPS) is 16.2. The molecule has 8 heteroatoms. The van der Waals surface area contributed by atoms with Gasteiger partial charge in [0.05, 0.1) is 17.7 Å². The van der Waals surface area contributed by atoms with Crippen molar-refractivity contribution in [3.05, 3.63) is 77.6 Å². The summed E-state index contributed by atoms with van der Waals surface area (Å²) in [4.78, 5) is 26.0. The second-order valence-electron chi connectivity index (χ2n) is 5.89. The van der Waals surface area contributed by atoms with E-state index in [1.165, 1.54) is 11.0 Å². The number of carbonyl (C=O) groups excluding carboxylic acids is 1. The molecule has 2 N–H and O–H groups in total. The molecule has 1 aromatic carbocycles. The van der Waals surface area contributed by atoms with Crippen LogP contribution in [0.1, 0.15) is 23.1 Å². The minimum Gasteiger partial charge on any atom is -0.348 e. The van der Waals surface area contributed by atoms with Gasteiger partial charge in [0.2, 0.25) is 0 Å². The highest BCUT2D eigenvalue weighted by Gasteiger charge is 2.35. The maximum Gasteiger partial charge on any atom is 0.322 e. The van der Waals surface area contributed by atoms with Crippen LogP contribution in [-0.2, 0) is 6.42 Å². The number of anilines is 1. The summed E-state index contributed by atoms with van der Waals surface area (Å²) in [6.45, 7) is 0.359. The molecule has 0 unspecified atom stereocenters. The van der Waals surface area contributed by atoms with Gasteiger partial charge in [-0.2, -0.15) is 0 Å². The number of hydrogen-bond acceptors (Lipinski definition) is 3. The fourth-order valence-electron chi connectivity index (χ4n) is 3.13. The smallest absolute Gasteiger partial charge is 0.322 e. The number of rotatable bonds is 2. The van der Waals surface area contributed by atoms with Gasteiger partial charge in [0.15, 0.2) is 0 Å². The van der Waals surface area contributed by atoms with Crippen LogP contribution in [-0.4, -0.2) is 32.4 Å². The van der Waals surface area contributed by atoms with Gasteiger partial charge < -0.3 is 15.2 Å². The Hall–Kier alpha value is -3.29. The largest absolute Gasteiger partial charge is 0.348 e. The first-order valence-electron chi connectivity index (χ1n) is 8.10. The van der Waals surface area contributed by atoms with E-state index in [0.29, 0.717) is 24.4 Å². The number of fused-ring (bicyclic) bond motifs is 1. The molecule has 1 aliphatic rings. The Kier molecular flexibility index (Phi) is 4.08. The number of H-pyrrole nitrogens is 1. The standard InChI is InChI=1S/C18H15F2N5O/c19-11-4-3-5-12(20)15(11)24-18(26)25-9-7-13-16(23-10-22-13)17(25)14-6-1-2-8-21-14/h1-6,8,10,17H,7,9H2,(H,22,23)(H,24,26)/t17-/m1/s1. The molecule has 2 amide bonds. The number of aromatic amines is 1. The van der Waals surface area contributed by atoms with Gasteiger partial charge in [0.25, 0.3) is 0 Å². The fraction of sp³-hybridized carbons (Fsp3) is 0.167. The Morgan fingerprint density at radius 2 is 1.96 bits per heavy atom. The van der Waals surface area contributed by atoms with Crippen LogP contribution in [0.3, 0.4) is 0 Å². The number of para-hydroxylation sites is 1. The number of amides is 2. The maximum absolute atomic E-state index is 13.9. The maximum atomic E-state index is 13.9. The van der Waals surface area contributed by atoms with E-state index in [-0.39, 0.29) is 0 Å². The number of halogens is 2. The molecule has 0 radical (unpaired) electrons. The van der Waals surface area contributed by atoms with Gasteiger partial charge in [-0.05, 0) is 24.3 Å². The molecule has 3 aromatic rings. The van der Waals surface area contributed by atoms with Crippen LogP contribution in [0.15, 0.2) is 48.9 Å². The van der Waals surface area contributed by atoms with E-state index < -0.39 is 29.4 Å². The van der Waals surface area contributed by atoms with Gasteiger partial charge in [-0.25, -0.2) is 18.6 Å². The van der Waals surface area contributed by atoms with Crippen molar-refractivity contribution < 1.29 is 13.6 Å². The third-order valence-electron chi connectivity index (χ3n) is 4.35. The molecule has 0 spiro atoms. The van der Waals surface area contributed by atoms with Gasteiger partial charge in [-0.15, -0.1) is 0 Å². The highest BCUT2D eigenvalue weighted by Crippen LogP contribution is 2.33. The third kappa shape index (κ3) is 2.79. The van der Waals surface area contributed by atoms with E-state index in [9.17, 15) is 13.6 Å². The molecular formula is C18H15F2N5O. The van der Waals surface area contributed by atoms with E-state index in [0.717, 1.165) is 17.8 Å². The number of pyridine rings is 1. The average molecular weight is 355 g/mol. The lowest BCUT2D eigenvalue weighted by Crippen LogP contribution is -2.43. The Morgan fingerprint density at radius 3 is 2.69 bits per heavy atom. The predicted octanol–water partition coefficient (Wildman–Crippen LogP) is 3.26. The van der Waals surface area contributed by atoms with Gasteiger partial charge >= 0.3 is 6.03 Å². The van der Waals surface area contributed by atoms with Crippen molar-refractivity contribution in [3.63, 3.8) is 0 Å². The van der Waals surface area contributed by atoms with Crippen molar-refractivity contribution in [1.82, 2.24) is 19.9 Å². The number of benzene rings is 1. The number of nitrogens with one attached hydrogen (secondary N) is 2. The van der Waals surface area contributed by atoms with Crippen LogP contribution in [0.4, 0.5) is 19.3 Å². The van der Waals surface area contributed by atoms with Crippen LogP contribution in [0.25, 0.3) is 0 Å². The van der Waals surface area contributed by atoms with Gasteiger partial charge in [-0.3, -0.25) is 4.98 Å². The van der Waals surface area contributed by atoms with Crippen molar-refractivity contribution in [2.45, 2.75) is 12.5 Å². The molecule has 4 rings (SSSR count). The Morgan fingerprint density at radius 1 is 1.15 bits per heavy atom. The van der Waals surface area contributed by atoms with Crippen molar-refractivity contribution in [2.24, 2.45) is 0 Å². The van der Waals surface area contributed by atoms with Crippen molar-refractivity contribution in [3.8, 4) is 0 Å². The molecule has 6 nitrogen and oxygen atoms in total. The Balaban J connectivity index is 1.69. The average Bonchev–Trinajstić information content (AvgIpc) is 3.13. The lowest BCUT2D eigenvalue weighted by atomic mass is 10.00. The zero-order chi connectivity index (χ0) is 18.1. The second kappa shape index (κ2) is 6.55. The zero-order valence-corrected chi connectivity index (χ0v) is 13.6. The molecule has 2 aromatic heterocycles. The number of aromatic nitrogens is 3. The van der Waals surface area contributed by atoms with E-state index in [2.05, 4.69) is 20.3 Å². The summed E-state index contributed by atoms with van der Waals surface area (Å²) >= 11 is 0. The Labute approximate surface area is 147 Å². The fourth-order valence-corrected chi connectivity index (χ4v) is 3.13. The zero-order valence-electron chi connectivity index (χ0n) is 13.6.